The standard InChI is InChI=1S/C13H20N2O3/c1-5-15(10(2)9-17-3)12-8-11(6-7-14-12)13(16)18-4/h6-8,10H,5,9H2,1-4H3. The molecule has 1 aromatic rings. The van der Waals surface area contributed by atoms with E-state index in [2.05, 4.69) is 16.8 Å². The van der Waals surface area contributed by atoms with Crippen molar-refractivity contribution in [1.29, 1.82) is 0 Å². The van der Waals surface area contributed by atoms with E-state index in [4.69, 9.17) is 9.47 Å². The van der Waals surface area contributed by atoms with E-state index in [0.717, 1.165) is 12.4 Å². The maximum absolute atomic E-state index is 11.5. The van der Waals surface area contributed by atoms with Crippen LogP contribution in [0.4, 0.5) is 5.82 Å². The number of likely N-dealkylation sites (N-methyl/N-ethyl adjacent to an activating group) is 1. The second kappa shape index (κ2) is 6.96. The summed E-state index contributed by atoms with van der Waals surface area (Å²) in [5, 5.41) is 0. The summed E-state index contributed by atoms with van der Waals surface area (Å²) in [7, 11) is 3.04. The van der Waals surface area contributed by atoms with Gasteiger partial charge in [0.05, 0.1) is 25.3 Å². The fourth-order valence-electron chi connectivity index (χ4n) is 1.85. The van der Waals surface area contributed by atoms with Crippen molar-refractivity contribution in [2.45, 2.75) is 19.9 Å². The fraction of sp³-hybridized carbons (Fsp3) is 0.538. The second-order valence-electron chi connectivity index (χ2n) is 3.98. The van der Waals surface area contributed by atoms with Crippen LogP contribution in [0.1, 0.15) is 24.2 Å². The van der Waals surface area contributed by atoms with Crippen molar-refractivity contribution in [2.24, 2.45) is 0 Å². The third-order valence-corrected chi connectivity index (χ3v) is 2.74. The Labute approximate surface area is 108 Å². The minimum atomic E-state index is -0.353. The Hall–Kier alpha value is -1.62. The van der Waals surface area contributed by atoms with Crippen molar-refractivity contribution < 1.29 is 14.3 Å². The van der Waals surface area contributed by atoms with Gasteiger partial charge in [-0.05, 0) is 26.0 Å². The summed E-state index contributed by atoms with van der Waals surface area (Å²) < 4.78 is 9.85. The zero-order valence-electron chi connectivity index (χ0n) is 11.3. The Kier molecular flexibility index (Phi) is 5.58. The number of hydrogen-bond acceptors (Lipinski definition) is 5. The molecule has 1 heterocycles. The lowest BCUT2D eigenvalue weighted by atomic mass is 10.2. The molecule has 5 nitrogen and oxygen atoms in total. The molecule has 0 fully saturated rings. The van der Waals surface area contributed by atoms with Crippen LogP contribution >= 0.6 is 0 Å². The van der Waals surface area contributed by atoms with Gasteiger partial charge < -0.3 is 14.4 Å². The lowest BCUT2D eigenvalue weighted by molar-refractivity contribution is 0.0600. The minimum absolute atomic E-state index is 0.195. The molecule has 0 amide bonds. The third-order valence-electron chi connectivity index (χ3n) is 2.74. The van der Waals surface area contributed by atoms with E-state index in [-0.39, 0.29) is 12.0 Å². The molecule has 0 aliphatic rings. The Morgan fingerprint density at radius 2 is 2.22 bits per heavy atom. The molecular formula is C13H20N2O3. The number of esters is 1. The first-order valence-corrected chi connectivity index (χ1v) is 5.94. The monoisotopic (exact) mass is 252 g/mol. The SMILES string of the molecule is CCN(c1cc(C(=O)OC)ccn1)C(C)COC. The number of ether oxygens (including phenoxy) is 2. The quantitative estimate of drug-likeness (QED) is 0.722. The van der Waals surface area contributed by atoms with Crippen LogP contribution in [0.5, 0.6) is 0 Å². The number of carbonyl (C=O) groups excluding carboxylic acids is 1. The molecule has 0 aromatic carbocycles. The van der Waals surface area contributed by atoms with Gasteiger partial charge in [0.1, 0.15) is 5.82 Å². The van der Waals surface area contributed by atoms with Gasteiger partial charge in [-0.3, -0.25) is 0 Å². The van der Waals surface area contributed by atoms with Crippen LogP contribution in [0.3, 0.4) is 0 Å². The molecule has 5 heteroatoms. The van der Waals surface area contributed by atoms with Crippen molar-refractivity contribution in [1.82, 2.24) is 4.98 Å². The number of pyridine rings is 1. The maximum Gasteiger partial charge on any atom is 0.338 e. The molecule has 0 bridgehead atoms. The van der Waals surface area contributed by atoms with Gasteiger partial charge in [-0.2, -0.15) is 0 Å². The molecule has 1 unspecified atom stereocenters. The predicted molar refractivity (Wildman–Crippen MR) is 69.9 cm³/mol. The minimum Gasteiger partial charge on any atom is -0.465 e. The second-order valence-corrected chi connectivity index (χ2v) is 3.98. The number of aromatic nitrogens is 1. The lowest BCUT2D eigenvalue weighted by Gasteiger charge is -2.28. The van der Waals surface area contributed by atoms with Crippen molar-refractivity contribution in [3.8, 4) is 0 Å². The highest BCUT2D eigenvalue weighted by Gasteiger charge is 2.15. The molecule has 0 N–H and O–H groups in total. The van der Waals surface area contributed by atoms with Gasteiger partial charge in [0.15, 0.2) is 0 Å². The molecule has 1 atom stereocenters. The van der Waals surface area contributed by atoms with Gasteiger partial charge in [0.25, 0.3) is 0 Å². The maximum atomic E-state index is 11.5. The Morgan fingerprint density at radius 3 is 2.78 bits per heavy atom. The van der Waals surface area contributed by atoms with Gasteiger partial charge in [0.2, 0.25) is 0 Å². The highest BCUT2D eigenvalue weighted by Crippen LogP contribution is 2.16. The smallest absolute Gasteiger partial charge is 0.338 e. The van der Waals surface area contributed by atoms with Crippen molar-refractivity contribution in [3.05, 3.63) is 23.9 Å². The summed E-state index contributed by atoms with van der Waals surface area (Å²) in [5.41, 5.74) is 0.505. The third kappa shape index (κ3) is 3.43. The van der Waals surface area contributed by atoms with Crippen LogP contribution in [0.25, 0.3) is 0 Å². The van der Waals surface area contributed by atoms with Crippen LogP contribution < -0.4 is 4.90 Å². The van der Waals surface area contributed by atoms with E-state index < -0.39 is 0 Å². The van der Waals surface area contributed by atoms with Crippen LogP contribution in [0, 0.1) is 0 Å². The summed E-state index contributed by atoms with van der Waals surface area (Å²) in [6.07, 6.45) is 1.61. The summed E-state index contributed by atoms with van der Waals surface area (Å²) in [4.78, 5) is 17.9. The summed E-state index contributed by atoms with van der Waals surface area (Å²) in [6, 6.07) is 3.58. The van der Waals surface area contributed by atoms with E-state index in [1.807, 2.05) is 6.92 Å². The first-order valence-electron chi connectivity index (χ1n) is 5.94. The number of nitrogens with zero attached hydrogens (tertiary/aromatic N) is 2. The van der Waals surface area contributed by atoms with E-state index in [1.54, 1.807) is 25.4 Å². The first-order chi connectivity index (χ1) is 8.63. The first kappa shape index (κ1) is 14.4. The van der Waals surface area contributed by atoms with E-state index in [1.165, 1.54) is 7.11 Å². The molecule has 0 spiro atoms. The Morgan fingerprint density at radius 1 is 1.50 bits per heavy atom. The molecule has 0 saturated carbocycles. The summed E-state index contributed by atoms with van der Waals surface area (Å²) in [5.74, 6) is 0.402. The topological polar surface area (TPSA) is 51.7 Å². The molecule has 100 valence electrons. The van der Waals surface area contributed by atoms with Gasteiger partial charge in [-0.25, -0.2) is 9.78 Å². The zero-order chi connectivity index (χ0) is 13.5. The molecule has 0 aliphatic heterocycles. The molecule has 1 aromatic heterocycles. The molecule has 0 radical (unpaired) electrons. The normalized spacial score (nSPS) is 12.0. The number of methoxy groups -OCH3 is 2. The van der Waals surface area contributed by atoms with E-state index >= 15 is 0 Å². The lowest BCUT2D eigenvalue weighted by Crippen LogP contribution is -2.36. The van der Waals surface area contributed by atoms with Gasteiger partial charge in [-0.15, -0.1) is 0 Å². The van der Waals surface area contributed by atoms with Crippen LogP contribution in [-0.2, 0) is 9.47 Å². The highest BCUT2D eigenvalue weighted by atomic mass is 16.5. The fourth-order valence-corrected chi connectivity index (χ4v) is 1.85. The highest BCUT2D eigenvalue weighted by molar-refractivity contribution is 5.90. The molecule has 18 heavy (non-hydrogen) atoms. The van der Waals surface area contributed by atoms with Gasteiger partial charge in [0, 0.05) is 19.9 Å². The van der Waals surface area contributed by atoms with Crippen molar-refractivity contribution >= 4 is 11.8 Å². The van der Waals surface area contributed by atoms with Crippen LogP contribution in [-0.4, -0.2) is 44.4 Å². The summed E-state index contributed by atoms with van der Waals surface area (Å²) in [6.45, 7) is 5.50. The van der Waals surface area contributed by atoms with Gasteiger partial charge in [-0.1, -0.05) is 0 Å². The van der Waals surface area contributed by atoms with E-state index in [0.29, 0.717) is 12.2 Å². The Bertz CT molecular complexity index is 396. The summed E-state index contributed by atoms with van der Waals surface area (Å²) >= 11 is 0. The predicted octanol–water partition coefficient (Wildman–Crippen LogP) is 1.73. The molecule has 0 aliphatic carbocycles. The number of anilines is 1. The van der Waals surface area contributed by atoms with E-state index in [9.17, 15) is 4.79 Å². The number of hydrogen-bond donors (Lipinski definition) is 0. The Balaban J connectivity index is 2.95. The largest absolute Gasteiger partial charge is 0.465 e. The van der Waals surface area contributed by atoms with Crippen LogP contribution in [0.15, 0.2) is 18.3 Å². The number of carbonyl (C=O) groups is 1. The van der Waals surface area contributed by atoms with Gasteiger partial charge >= 0.3 is 5.97 Å². The average molecular weight is 252 g/mol. The van der Waals surface area contributed by atoms with Crippen LogP contribution in [0.2, 0.25) is 0 Å². The zero-order valence-corrected chi connectivity index (χ0v) is 11.3. The molecule has 1 rings (SSSR count). The van der Waals surface area contributed by atoms with Crippen molar-refractivity contribution in [2.75, 3.05) is 32.3 Å². The molecular weight excluding hydrogens is 232 g/mol. The average Bonchev–Trinajstić information content (AvgIpc) is 2.39. The van der Waals surface area contributed by atoms with Crippen molar-refractivity contribution in [3.63, 3.8) is 0 Å². The number of rotatable bonds is 6. The molecule has 0 saturated heterocycles.